The number of nitrogens with one attached hydrogen (secondary N) is 1. The molecular formula is C11H18F3N3S. The molecular weight excluding hydrogens is 263 g/mol. The fourth-order valence-corrected chi connectivity index (χ4v) is 2.44. The van der Waals surface area contributed by atoms with Crippen molar-refractivity contribution in [1.29, 1.82) is 0 Å². The van der Waals surface area contributed by atoms with Crippen LogP contribution in [-0.4, -0.2) is 30.3 Å². The van der Waals surface area contributed by atoms with Crippen molar-refractivity contribution >= 4 is 16.5 Å². The number of halogens is 3. The summed E-state index contributed by atoms with van der Waals surface area (Å²) in [7, 11) is 0. The van der Waals surface area contributed by atoms with Gasteiger partial charge in [0.25, 0.3) is 0 Å². The first kappa shape index (κ1) is 15.2. The van der Waals surface area contributed by atoms with Crippen molar-refractivity contribution < 1.29 is 13.2 Å². The first-order valence-corrected chi connectivity index (χ1v) is 6.64. The Bertz CT molecular complexity index is 363. The van der Waals surface area contributed by atoms with E-state index < -0.39 is 12.7 Å². The molecule has 0 unspecified atom stereocenters. The van der Waals surface area contributed by atoms with Gasteiger partial charge in [-0.15, -0.1) is 11.3 Å². The van der Waals surface area contributed by atoms with E-state index >= 15 is 0 Å². The van der Waals surface area contributed by atoms with Crippen molar-refractivity contribution in [3.63, 3.8) is 0 Å². The summed E-state index contributed by atoms with van der Waals surface area (Å²) in [6.45, 7) is 5.95. The number of anilines is 1. The van der Waals surface area contributed by atoms with Gasteiger partial charge in [-0.2, -0.15) is 13.2 Å². The first-order valence-electron chi connectivity index (χ1n) is 5.82. The summed E-state index contributed by atoms with van der Waals surface area (Å²) in [6, 6.07) is -0.232. The van der Waals surface area contributed by atoms with Gasteiger partial charge in [-0.3, -0.25) is 0 Å². The zero-order chi connectivity index (χ0) is 13.8. The fourth-order valence-electron chi connectivity index (χ4n) is 1.42. The molecule has 0 aromatic carbocycles. The Morgan fingerprint density at radius 1 is 1.44 bits per heavy atom. The van der Waals surface area contributed by atoms with Crippen LogP contribution in [-0.2, 0) is 6.54 Å². The summed E-state index contributed by atoms with van der Waals surface area (Å²) in [5.41, 5.74) is 0. The maximum Gasteiger partial charge on any atom is 0.406 e. The Hall–Kier alpha value is -0.820. The van der Waals surface area contributed by atoms with Crippen LogP contribution >= 0.6 is 11.3 Å². The van der Waals surface area contributed by atoms with Crippen molar-refractivity contribution in [2.24, 2.45) is 0 Å². The van der Waals surface area contributed by atoms with Crippen LogP contribution in [0, 0.1) is 0 Å². The van der Waals surface area contributed by atoms with Crippen LogP contribution in [0.4, 0.5) is 18.3 Å². The average molecular weight is 281 g/mol. The van der Waals surface area contributed by atoms with Gasteiger partial charge < -0.3 is 10.2 Å². The highest BCUT2D eigenvalue weighted by Gasteiger charge is 2.33. The minimum Gasteiger partial charge on any atom is -0.337 e. The van der Waals surface area contributed by atoms with E-state index in [0.29, 0.717) is 11.7 Å². The first-order chi connectivity index (χ1) is 8.33. The fraction of sp³-hybridized carbons (Fsp3) is 0.727. The molecule has 0 aliphatic heterocycles. The normalized spacial score (nSPS) is 12.2. The van der Waals surface area contributed by atoms with Crippen molar-refractivity contribution in [3.05, 3.63) is 11.1 Å². The largest absolute Gasteiger partial charge is 0.406 e. The van der Waals surface area contributed by atoms with E-state index in [0.717, 1.165) is 11.4 Å². The molecule has 1 rings (SSSR count). The lowest BCUT2D eigenvalue weighted by Crippen LogP contribution is -2.39. The summed E-state index contributed by atoms with van der Waals surface area (Å²) in [6.07, 6.45) is -2.58. The van der Waals surface area contributed by atoms with Gasteiger partial charge in [0.15, 0.2) is 5.13 Å². The van der Waals surface area contributed by atoms with Gasteiger partial charge in [-0.05, 0) is 20.4 Å². The van der Waals surface area contributed by atoms with E-state index in [1.807, 2.05) is 6.92 Å². The summed E-state index contributed by atoms with van der Waals surface area (Å²) in [5.74, 6) is 0. The number of aromatic nitrogens is 1. The number of alkyl halides is 3. The van der Waals surface area contributed by atoms with Crippen LogP contribution in [0.3, 0.4) is 0 Å². The molecule has 0 saturated heterocycles. The smallest absolute Gasteiger partial charge is 0.337 e. The molecule has 0 atom stereocenters. The average Bonchev–Trinajstić information content (AvgIpc) is 2.70. The number of hydrogen-bond donors (Lipinski definition) is 1. The highest BCUT2D eigenvalue weighted by Crippen LogP contribution is 2.28. The third kappa shape index (κ3) is 4.81. The SMILES string of the molecule is CCNCc1cnc(N(CC(F)(F)F)C(C)C)s1. The standard InChI is InChI=1S/C11H18F3N3S/c1-4-15-5-9-6-16-10(18-9)17(8(2)3)7-11(12,13)14/h6,8,15H,4-5,7H2,1-3H3. The van der Waals surface area contributed by atoms with E-state index in [4.69, 9.17) is 0 Å². The maximum atomic E-state index is 12.5. The molecule has 0 amide bonds. The molecule has 0 bridgehead atoms. The van der Waals surface area contributed by atoms with Gasteiger partial charge in [0.1, 0.15) is 6.54 Å². The second kappa shape index (κ2) is 6.38. The minimum atomic E-state index is -4.21. The Kier molecular flexibility index (Phi) is 5.40. The van der Waals surface area contributed by atoms with Crippen LogP contribution < -0.4 is 10.2 Å². The van der Waals surface area contributed by atoms with Gasteiger partial charge in [-0.25, -0.2) is 4.98 Å². The van der Waals surface area contributed by atoms with Crippen LogP contribution in [0.15, 0.2) is 6.20 Å². The molecule has 1 N–H and O–H groups in total. The monoisotopic (exact) mass is 281 g/mol. The third-order valence-corrected chi connectivity index (χ3v) is 3.34. The lowest BCUT2D eigenvalue weighted by molar-refractivity contribution is -0.120. The predicted molar refractivity (Wildman–Crippen MR) is 68.0 cm³/mol. The van der Waals surface area contributed by atoms with E-state index in [-0.39, 0.29) is 6.04 Å². The highest BCUT2D eigenvalue weighted by molar-refractivity contribution is 7.15. The molecule has 0 aliphatic carbocycles. The summed E-state index contributed by atoms with van der Waals surface area (Å²) < 4.78 is 37.5. The van der Waals surface area contributed by atoms with E-state index in [1.54, 1.807) is 20.0 Å². The van der Waals surface area contributed by atoms with Crippen molar-refractivity contribution in [1.82, 2.24) is 10.3 Å². The molecule has 0 saturated carbocycles. The minimum absolute atomic E-state index is 0.232. The maximum absolute atomic E-state index is 12.5. The Labute approximate surface area is 109 Å². The van der Waals surface area contributed by atoms with Gasteiger partial charge in [0.2, 0.25) is 0 Å². The topological polar surface area (TPSA) is 28.2 Å². The molecule has 0 spiro atoms. The molecule has 0 radical (unpaired) electrons. The molecule has 0 fully saturated rings. The molecule has 3 nitrogen and oxygen atoms in total. The summed E-state index contributed by atoms with van der Waals surface area (Å²) in [5, 5.41) is 3.55. The molecule has 18 heavy (non-hydrogen) atoms. The Morgan fingerprint density at radius 2 is 2.11 bits per heavy atom. The van der Waals surface area contributed by atoms with E-state index in [9.17, 15) is 13.2 Å². The quantitative estimate of drug-likeness (QED) is 0.868. The van der Waals surface area contributed by atoms with Crippen molar-refractivity contribution in [3.8, 4) is 0 Å². The highest BCUT2D eigenvalue weighted by atomic mass is 32.1. The molecule has 1 heterocycles. The van der Waals surface area contributed by atoms with Gasteiger partial charge in [0.05, 0.1) is 0 Å². The van der Waals surface area contributed by atoms with Crippen LogP contribution in [0.2, 0.25) is 0 Å². The summed E-state index contributed by atoms with van der Waals surface area (Å²) >= 11 is 1.30. The lowest BCUT2D eigenvalue weighted by Gasteiger charge is -2.26. The van der Waals surface area contributed by atoms with E-state index in [2.05, 4.69) is 10.3 Å². The lowest BCUT2D eigenvalue weighted by atomic mass is 10.3. The van der Waals surface area contributed by atoms with Gasteiger partial charge in [0, 0.05) is 23.7 Å². The zero-order valence-corrected chi connectivity index (χ0v) is 11.5. The van der Waals surface area contributed by atoms with Crippen molar-refractivity contribution in [2.75, 3.05) is 18.0 Å². The Morgan fingerprint density at radius 3 is 2.61 bits per heavy atom. The second-order valence-corrected chi connectivity index (χ2v) is 5.32. The van der Waals surface area contributed by atoms with Crippen molar-refractivity contribution in [2.45, 2.75) is 39.5 Å². The number of hydrogen-bond acceptors (Lipinski definition) is 4. The molecule has 104 valence electrons. The molecule has 0 aliphatic rings. The van der Waals surface area contributed by atoms with E-state index in [1.165, 1.54) is 16.2 Å². The predicted octanol–water partition coefficient (Wildman–Crippen LogP) is 3.03. The van der Waals surface area contributed by atoms with Gasteiger partial charge in [-0.1, -0.05) is 6.92 Å². The van der Waals surface area contributed by atoms with Gasteiger partial charge >= 0.3 is 6.18 Å². The molecule has 7 heteroatoms. The molecule has 1 aromatic heterocycles. The van der Waals surface area contributed by atoms with Crippen LogP contribution in [0.5, 0.6) is 0 Å². The number of thiazole rings is 1. The zero-order valence-electron chi connectivity index (χ0n) is 10.7. The molecule has 1 aromatic rings. The van der Waals surface area contributed by atoms with Crippen LogP contribution in [0.25, 0.3) is 0 Å². The van der Waals surface area contributed by atoms with Crippen LogP contribution in [0.1, 0.15) is 25.6 Å². The number of nitrogens with zero attached hydrogens (tertiary/aromatic N) is 2. The second-order valence-electron chi connectivity index (χ2n) is 4.23. The number of rotatable bonds is 6. The Balaban J connectivity index is 2.76. The summed E-state index contributed by atoms with van der Waals surface area (Å²) in [4.78, 5) is 6.30. The third-order valence-electron chi connectivity index (χ3n) is 2.31.